The SMILES string of the molecule is Cc1c(I)c(-c2ccccn2)nn1CCN. The van der Waals surface area contributed by atoms with E-state index in [0.29, 0.717) is 6.54 Å². The molecular weight excluding hydrogens is 315 g/mol. The van der Waals surface area contributed by atoms with Gasteiger partial charge in [0.15, 0.2) is 0 Å². The van der Waals surface area contributed by atoms with Gasteiger partial charge in [0, 0.05) is 18.4 Å². The van der Waals surface area contributed by atoms with Gasteiger partial charge in [-0.05, 0) is 41.6 Å². The fraction of sp³-hybridized carbons (Fsp3) is 0.273. The minimum atomic E-state index is 0.597. The molecule has 84 valence electrons. The van der Waals surface area contributed by atoms with Crippen molar-refractivity contribution in [2.45, 2.75) is 13.5 Å². The Kier molecular flexibility index (Phi) is 3.55. The average molecular weight is 328 g/mol. The molecule has 2 rings (SSSR count). The first-order chi connectivity index (χ1) is 7.74. The van der Waals surface area contributed by atoms with Crippen molar-refractivity contribution in [3.05, 3.63) is 33.7 Å². The number of rotatable bonds is 3. The summed E-state index contributed by atoms with van der Waals surface area (Å²) in [6.07, 6.45) is 1.78. The number of aromatic nitrogens is 3. The van der Waals surface area contributed by atoms with E-state index in [-0.39, 0.29) is 0 Å². The minimum absolute atomic E-state index is 0.597. The smallest absolute Gasteiger partial charge is 0.124 e. The molecule has 0 atom stereocenters. The fourth-order valence-corrected chi connectivity index (χ4v) is 2.19. The van der Waals surface area contributed by atoms with Crippen LogP contribution in [-0.4, -0.2) is 21.3 Å². The maximum Gasteiger partial charge on any atom is 0.124 e. The zero-order valence-corrected chi connectivity index (χ0v) is 11.2. The van der Waals surface area contributed by atoms with Gasteiger partial charge in [0.1, 0.15) is 5.69 Å². The van der Waals surface area contributed by atoms with E-state index in [4.69, 9.17) is 5.73 Å². The summed E-state index contributed by atoms with van der Waals surface area (Å²) < 4.78 is 3.08. The fourth-order valence-electron chi connectivity index (χ4n) is 1.53. The Labute approximate surface area is 108 Å². The van der Waals surface area contributed by atoms with Gasteiger partial charge in [0.2, 0.25) is 0 Å². The molecule has 0 bridgehead atoms. The summed E-state index contributed by atoms with van der Waals surface area (Å²) in [6.45, 7) is 3.39. The minimum Gasteiger partial charge on any atom is -0.329 e. The predicted octanol–water partition coefficient (Wildman–Crippen LogP) is 1.82. The lowest BCUT2D eigenvalue weighted by molar-refractivity contribution is 0.609. The number of halogens is 1. The van der Waals surface area contributed by atoms with Gasteiger partial charge in [0.05, 0.1) is 15.8 Å². The molecule has 2 N–H and O–H groups in total. The molecule has 4 nitrogen and oxygen atoms in total. The molecule has 0 radical (unpaired) electrons. The topological polar surface area (TPSA) is 56.7 Å². The molecule has 0 saturated carbocycles. The van der Waals surface area contributed by atoms with Crippen LogP contribution in [0.25, 0.3) is 11.4 Å². The number of hydrogen-bond donors (Lipinski definition) is 1. The Morgan fingerprint density at radius 3 is 2.88 bits per heavy atom. The number of nitrogens with two attached hydrogens (primary N) is 1. The zero-order chi connectivity index (χ0) is 11.5. The molecule has 16 heavy (non-hydrogen) atoms. The van der Waals surface area contributed by atoms with E-state index in [9.17, 15) is 0 Å². The van der Waals surface area contributed by atoms with Gasteiger partial charge in [-0.15, -0.1) is 0 Å². The van der Waals surface area contributed by atoms with Crippen LogP contribution in [-0.2, 0) is 6.54 Å². The van der Waals surface area contributed by atoms with Gasteiger partial charge in [-0.1, -0.05) is 6.07 Å². The number of hydrogen-bond acceptors (Lipinski definition) is 3. The van der Waals surface area contributed by atoms with Gasteiger partial charge < -0.3 is 5.73 Å². The molecule has 0 amide bonds. The summed E-state index contributed by atoms with van der Waals surface area (Å²) in [5.41, 5.74) is 8.54. The van der Waals surface area contributed by atoms with Crippen LogP contribution in [0.2, 0.25) is 0 Å². The number of pyridine rings is 1. The van der Waals surface area contributed by atoms with Crippen molar-refractivity contribution in [1.82, 2.24) is 14.8 Å². The molecule has 0 fully saturated rings. The standard InChI is InChI=1S/C11H13IN4/c1-8-10(12)11(15-16(8)7-5-13)9-4-2-3-6-14-9/h2-4,6H,5,7,13H2,1H3. The van der Waals surface area contributed by atoms with E-state index < -0.39 is 0 Å². The van der Waals surface area contributed by atoms with Crippen LogP contribution in [0.1, 0.15) is 5.69 Å². The van der Waals surface area contributed by atoms with E-state index >= 15 is 0 Å². The molecule has 2 aromatic heterocycles. The third kappa shape index (κ3) is 2.10. The molecule has 0 unspecified atom stereocenters. The van der Waals surface area contributed by atoms with Crippen LogP contribution in [0.4, 0.5) is 0 Å². The van der Waals surface area contributed by atoms with Crippen LogP contribution in [0.15, 0.2) is 24.4 Å². The van der Waals surface area contributed by atoms with E-state index in [1.165, 1.54) is 0 Å². The third-order valence-corrected chi connectivity index (χ3v) is 3.67. The summed E-state index contributed by atoms with van der Waals surface area (Å²) in [5.74, 6) is 0. The molecular formula is C11H13IN4. The van der Waals surface area contributed by atoms with Crippen LogP contribution < -0.4 is 5.73 Å². The zero-order valence-electron chi connectivity index (χ0n) is 9.02. The third-order valence-electron chi connectivity index (χ3n) is 2.38. The van der Waals surface area contributed by atoms with Crippen molar-refractivity contribution in [3.8, 4) is 11.4 Å². The Bertz CT molecular complexity index is 478. The summed E-state index contributed by atoms with van der Waals surface area (Å²) >= 11 is 2.30. The largest absolute Gasteiger partial charge is 0.329 e. The van der Waals surface area contributed by atoms with Crippen LogP contribution in [0.5, 0.6) is 0 Å². The van der Waals surface area contributed by atoms with Crippen LogP contribution in [0.3, 0.4) is 0 Å². The molecule has 0 aliphatic heterocycles. The predicted molar refractivity (Wildman–Crippen MR) is 72.0 cm³/mol. The van der Waals surface area contributed by atoms with Crippen molar-refractivity contribution < 1.29 is 0 Å². The molecule has 2 heterocycles. The van der Waals surface area contributed by atoms with Crippen molar-refractivity contribution in [1.29, 1.82) is 0 Å². The molecule has 0 spiro atoms. The second-order valence-corrected chi connectivity index (χ2v) is 4.55. The molecule has 0 saturated heterocycles. The van der Waals surface area contributed by atoms with Gasteiger partial charge >= 0.3 is 0 Å². The monoisotopic (exact) mass is 328 g/mol. The lowest BCUT2D eigenvalue weighted by atomic mass is 10.2. The van der Waals surface area contributed by atoms with E-state index in [2.05, 4.69) is 39.6 Å². The van der Waals surface area contributed by atoms with Crippen LogP contribution >= 0.6 is 22.6 Å². The lowest BCUT2D eigenvalue weighted by Crippen LogP contribution is -2.12. The molecule has 0 aromatic carbocycles. The highest BCUT2D eigenvalue weighted by atomic mass is 127. The van der Waals surface area contributed by atoms with Gasteiger partial charge in [-0.2, -0.15) is 5.10 Å². The summed E-state index contributed by atoms with van der Waals surface area (Å²) in [5, 5.41) is 4.54. The highest BCUT2D eigenvalue weighted by Crippen LogP contribution is 2.24. The molecule has 0 aliphatic rings. The Hall–Kier alpha value is -0.950. The average Bonchev–Trinajstić information content (AvgIpc) is 2.59. The first-order valence-electron chi connectivity index (χ1n) is 5.08. The van der Waals surface area contributed by atoms with Gasteiger partial charge in [-0.3, -0.25) is 9.67 Å². The molecule has 2 aromatic rings. The van der Waals surface area contributed by atoms with E-state index in [1.54, 1.807) is 6.20 Å². The van der Waals surface area contributed by atoms with Gasteiger partial charge in [-0.25, -0.2) is 0 Å². The first kappa shape index (κ1) is 11.5. The Morgan fingerprint density at radius 1 is 1.44 bits per heavy atom. The van der Waals surface area contributed by atoms with Crippen molar-refractivity contribution in [3.63, 3.8) is 0 Å². The highest BCUT2D eigenvalue weighted by Gasteiger charge is 2.13. The summed E-state index contributed by atoms with van der Waals surface area (Å²) in [6, 6.07) is 5.84. The summed E-state index contributed by atoms with van der Waals surface area (Å²) in [7, 11) is 0. The number of nitrogens with zero attached hydrogens (tertiary/aromatic N) is 3. The maximum atomic E-state index is 5.55. The normalized spacial score (nSPS) is 10.7. The molecule has 0 aliphatic carbocycles. The molecule has 5 heteroatoms. The highest BCUT2D eigenvalue weighted by molar-refractivity contribution is 14.1. The quantitative estimate of drug-likeness (QED) is 0.875. The Balaban J connectivity index is 2.46. The lowest BCUT2D eigenvalue weighted by Gasteiger charge is -1.99. The van der Waals surface area contributed by atoms with E-state index in [0.717, 1.165) is 27.2 Å². The van der Waals surface area contributed by atoms with Crippen molar-refractivity contribution in [2.75, 3.05) is 6.54 Å². The summed E-state index contributed by atoms with van der Waals surface area (Å²) in [4.78, 5) is 4.31. The second-order valence-electron chi connectivity index (χ2n) is 3.47. The van der Waals surface area contributed by atoms with Gasteiger partial charge in [0.25, 0.3) is 0 Å². The second kappa shape index (κ2) is 4.92. The maximum absolute atomic E-state index is 5.55. The van der Waals surface area contributed by atoms with E-state index in [1.807, 2.05) is 22.9 Å². The first-order valence-corrected chi connectivity index (χ1v) is 6.16. The van der Waals surface area contributed by atoms with Crippen molar-refractivity contribution >= 4 is 22.6 Å². The van der Waals surface area contributed by atoms with Crippen LogP contribution in [0, 0.1) is 10.5 Å². The van der Waals surface area contributed by atoms with Crippen molar-refractivity contribution in [2.24, 2.45) is 5.73 Å². The Morgan fingerprint density at radius 2 is 2.25 bits per heavy atom.